The Morgan fingerprint density at radius 1 is 1.64 bits per heavy atom. The summed E-state index contributed by atoms with van der Waals surface area (Å²) in [6, 6.07) is 0. The standard InChI is InChI=1S/C8H12O3/c1-2-8-3-7(4-8,5-11-8)6(9)10/h2-5H2,1H3,(H,9,10). The van der Waals surface area contributed by atoms with Gasteiger partial charge in [0.25, 0.3) is 0 Å². The van der Waals surface area contributed by atoms with Gasteiger partial charge in [-0.1, -0.05) is 6.92 Å². The maximum atomic E-state index is 10.7. The highest BCUT2D eigenvalue weighted by molar-refractivity contribution is 5.77. The van der Waals surface area contributed by atoms with Crippen LogP contribution >= 0.6 is 0 Å². The number of hydrogen-bond donors (Lipinski definition) is 1. The molecule has 0 radical (unpaired) electrons. The molecule has 0 atom stereocenters. The fourth-order valence-electron chi connectivity index (χ4n) is 2.24. The molecule has 0 aromatic carbocycles. The fraction of sp³-hybridized carbons (Fsp3) is 0.875. The molecule has 2 aliphatic heterocycles. The molecule has 2 heterocycles. The third-order valence-corrected chi connectivity index (χ3v) is 3.07. The molecule has 62 valence electrons. The third kappa shape index (κ3) is 0.692. The van der Waals surface area contributed by atoms with Crippen LogP contribution in [0.25, 0.3) is 0 Å². The van der Waals surface area contributed by atoms with Crippen LogP contribution in [0.1, 0.15) is 26.2 Å². The molecule has 11 heavy (non-hydrogen) atoms. The van der Waals surface area contributed by atoms with Crippen molar-refractivity contribution < 1.29 is 14.6 Å². The monoisotopic (exact) mass is 156 g/mol. The van der Waals surface area contributed by atoms with Crippen molar-refractivity contribution in [2.75, 3.05) is 6.61 Å². The summed E-state index contributed by atoms with van der Waals surface area (Å²) in [5, 5.41) is 8.84. The predicted octanol–water partition coefficient (Wildman–Crippen LogP) is 1.03. The van der Waals surface area contributed by atoms with E-state index in [4.69, 9.17) is 9.84 Å². The summed E-state index contributed by atoms with van der Waals surface area (Å²) in [6.07, 6.45) is 2.40. The summed E-state index contributed by atoms with van der Waals surface area (Å²) >= 11 is 0. The molecular weight excluding hydrogens is 144 g/mol. The largest absolute Gasteiger partial charge is 0.481 e. The SMILES string of the molecule is CCC12CC(C(=O)O)(CO1)C2. The van der Waals surface area contributed by atoms with Crippen molar-refractivity contribution in [1.29, 1.82) is 0 Å². The van der Waals surface area contributed by atoms with Gasteiger partial charge in [0.15, 0.2) is 0 Å². The van der Waals surface area contributed by atoms with Gasteiger partial charge in [-0.3, -0.25) is 4.79 Å². The second-order valence-electron chi connectivity index (χ2n) is 3.76. The first-order valence-corrected chi connectivity index (χ1v) is 4.00. The number of fused-ring (bicyclic) bond motifs is 1. The molecule has 0 amide bonds. The Bertz CT molecular complexity index is 203. The Morgan fingerprint density at radius 2 is 2.27 bits per heavy atom. The Balaban J connectivity index is 2.14. The highest BCUT2D eigenvalue weighted by Gasteiger charge is 2.65. The fourth-order valence-corrected chi connectivity index (χ4v) is 2.24. The lowest BCUT2D eigenvalue weighted by atomic mass is 9.61. The van der Waals surface area contributed by atoms with Gasteiger partial charge in [-0.25, -0.2) is 0 Å². The van der Waals surface area contributed by atoms with Crippen molar-refractivity contribution in [3.63, 3.8) is 0 Å². The number of carboxylic acid groups (broad SMARTS) is 1. The normalized spacial score (nSPS) is 47.0. The highest BCUT2D eigenvalue weighted by atomic mass is 16.5. The van der Waals surface area contributed by atoms with E-state index in [-0.39, 0.29) is 5.60 Å². The second-order valence-corrected chi connectivity index (χ2v) is 3.76. The number of carbonyl (C=O) groups is 1. The van der Waals surface area contributed by atoms with Gasteiger partial charge in [0.1, 0.15) is 0 Å². The van der Waals surface area contributed by atoms with Crippen molar-refractivity contribution >= 4 is 5.97 Å². The minimum atomic E-state index is -0.681. The second kappa shape index (κ2) is 1.78. The molecule has 0 unspecified atom stereocenters. The molecule has 2 bridgehead atoms. The van der Waals surface area contributed by atoms with Gasteiger partial charge in [-0.15, -0.1) is 0 Å². The van der Waals surface area contributed by atoms with Crippen LogP contribution in [0, 0.1) is 5.41 Å². The number of carboxylic acids is 1. The summed E-state index contributed by atoms with van der Waals surface area (Å²) < 4.78 is 5.45. The number of aliphatic carboxylic acids is 1. The molecule has 0 aromatic heterocycles. The molecule has 3 heteroatoms. The maximum absolute atomic E-state index is 10.7. The van der Waals surface area contributed by atoms with Crippen molar-refractivity contribution in [1.82, 2.24) is 0 Å². The Hall–Kier alpha value is -0.570. The Labute approximate surface area is 65.4 Å². The van der Waals surface area contributed by atoms with E-state index in [1.165, 1.54) is 0 Å². The zero-order valence-corrected chi connectivity index (χ0v) is 6.59. The lowest BCUT2D eigenvalue weighted by Crippen LogP contribution is -2.48. The molecule has 1 N–H and O–H groups in total. The van der Waals surface area contributed by atoms with Crippen LogP contribution in [0.4, 0.5) is 0 Å². The smallest absolute Gasteiger partial charge is 0.312 e. The van der Waals surface area contributed by atoms with Crippen LogP contribution in [0.3, 0.4) is 0 Å². The van der Waals surface area contributed by atoms with Gasteiger partial charge < -0.3 is 9.84 Å². The molecule has 3 aliphatic rings. The van der Waals surface area contributed by atoms with Crippen LogP contribution in [0.15, 0.2) is 0 Å². The molecule has 0 spiro atoms. The van der Waals surface area contributed by atoms with Crippen molar-refractivity contribution in [2.24, 2.45) is 5.41 Å². The summed E-state index contributed by atoms with van der Waals surface area (Å²) in [5.41, 5.74) is -0.561. The average Bonchev–Trinajstić information content (AvgIpc) is 2.39. The van der Waals surface area contributed by atoms with Crippen molar-refractivity contribution in [2.45, 2.75) is 31.8 Å². The number of rotatable bonds is 2. The number of hydrogen-bond acceptors (Lipinski definition) is 2. The summed E-state index contributed by atoms with van der Waals surface area (Å²) in [7, 11) is 0. The molecule has 1 aliphatic carbocycles. The summed E-state index contributed by atoms with van der Waals surface area (Å²) in [5.74, 6) is -0.681. The van der Waals surface area contributed by atoms with Crippen LogP contribution in [0.5, 0.6) is 0 Å². The molecular formula is C8H12O3. The minimum Gasteiger partial charge on any atom is -0.481 e. The first-order valence-electron chi connectivity index (χ1n) is 4.00. The van der Waals surface area contributed by atoms with Crippen LogP contribution in [0.2, 0.25) is 0 Å². The quantitative estimate of drug-likeness (QED) is 0.649. The lowest BCUT2D eigenvalue weighted by molar-refractivity contribution is -0.154. The zero-order chi connectivity index (χ0) is 8.11. The maximum Gasteiger partial charge on any atom is 0.312 e. The highest BCUT2D eigenvalue weighted by Crippen LogP contribution is 2.59. The van der Waals surface area contributed by atoms with Crippen LogP contribution < -0.4 is 0 Å². The van der Waals surface area contributed by atoms with Crippen molar-refractivity contribution in [3.8, 4) is 0 Å². The Kier molecular flexibility index (Phi) is 1.15. The van der Waals surface area contributed by atoms with Gasteiger partial charge in [0.2, 0.25) is 0 Å². The van der Waals surface area contributed by atoms with Crippen LogP contribution in [-0.4, -0.2) is 23.3 Å². The van der Waals surface area contributed by atoms with Gasteiger partial charge >= 0.3 is 5.97 Å². The topological polar surface area (TPSA) is 46.5 Å². The van der Waals surface area contributed by atoms with E-state index < -0.39 is 11.4 Å². The number of ether oxygens (including phenoxy) is 1. The van der Waals surface area contributed by atoms with Crippen LogP contribution in [-0.2, 0) is 9.53 Å². The van der Waals surface area contributed by atoms with Gasteiger partial charge in [0, 0.05) is 0 Å². The lowest BCUT2D eigenvalue weighted by Gasteiger charge is -2.41. The average molecular weight is 156 g/mol. The van der Waals surface area contributed by atoms with E-state index in [1.54, 1.807) is 0 Å². The molecule has 2 saturated heterocycles. The summed E-state index contributed by atoms with van der Waals surface area (Å²) in [6.45, 7) is 2.48. The van der Waals surface area contributed by atoms with E-state index >= 15 is 0 Å². The third-order valence-electron chi connectivity index (χ3n) is 3.07. The minimum absolute atomic E-state index is 0.0572. The molecule has 1 saturated carbocycles. The zero-order valence-electron chi connectivity index (χ0n) is 6.59. The summed E-state index contributed by atoms with van der Waals surface area (Å²) in [4.78, 5) is 10.7. The molecule has 0 aromatic rings. The van der Waals surface area contributed by atoms with Gasteiger partial charge in [-0.05, 0) is 19.3 Å². The van der Waals surface area contributed by atoms with Gasteiger partial charge in [0.05, 0.1) is 17.6 Å². The molecule has 3 fully saturated rings. The molecule has 3 rings (SSSR count). The van der Waals surface area contributed by atoms with Crippen molar-refractivity contribution in [3.05, 3.63) is 0 Å². The van der Waals surface area contributed by atoms with E-state index in [0.717, 1.165) is 19.3 Å². The first kappa shape index (κ1) is 7.10. The first-order chi connectivity index (χ1) is 5.13. The van der Waals surface area contributed by atoms with Gasteiger partial charge in [-0.2, -0.15) is 0 Å². The predicted molar refractivity (Wildman–Crippen MR) is 38.3 cm³/mol. The van der Waals surface area contributed by atoms with E-state index in [9.17, 15) is 4.79 Å². The van der Waals surface area contributed by atoms with E-state index in [0.29, 0.717) is 6.61 Å². The molecule has 3 nitrogen and oxygen atoms in total. The van der Waals surface area contributed by atoms with E-state index in [2.05, 4.69) is 6.92 Å². The van der Waals surface area contributed by atoms with E-state index in [1.807, 2.05) is 0 Å². The Morgan fingerprint density at radius 3 is 2.55 bits per heavy atom.